The van der Waals surface area contributed by atoms with Gasteiger partial charge < -0.3 is 5.11 Å². The predicted molar refractivity (Wildman–Crippen MR) is 50.1 cm³/mol. The molecular weight excluding hydrogens is 164 g/mol. The van der Waals surface area contributed by atoms with Crippen LogP contribution in [0.2, 0.25) is 0 Å². The number of fused-ring (bicyclic) bond motifs is 1. The highest BCUT2D eigenvalue weighted by Crippen LogP contribution is 2.12. The molecule has 3 heteroatoms. The highest BCUT2D eigenvalue weighted by molar-refractivity contribution is 5.70. The number of nitrogens with zero attached hydrogens (tertiary/aromatic N) is 1. The standard InChI is InChI=1S/C10H12N2O/c1-7(13)10-11-8-5-3-4-6-9(8)12(10)2/h3-7,13H,1-2H3/p+1. The third kappa shape index (κ3) is 1.21. The Hall–Kier alpha value is -1.35. The van der Waals surface area contributed by atoms with E-state index in [1.165, 1.54) is 0 Å². The average molecular weight is 177 g/mol. The zero-order chi connectivity index (χ0) is 9.42. The molecule has 0 aliphatic heterocycles. The second-order valence-electron chi connectivity index (χ2n) is 3.26. The van der Waals surface area contributed by atoms with E-state index >= 15 is 0 Å². The zero-order valence-electron chi connectivity index (χ0n) is 7.78. The quantitative estimate of drug-likeness (QED) is 0.628. The summed E-state index contributed by atoms with van der Waals surface area (Å²) in [4.78, 5) is 3.18. The topological polar surface area (TPSA) is 39.9 Å². The second-order valence-corrected chi connectivity index (χ2v) is 3.26. The first-order valence-corrected chi connectivity index (χ1v) is 4.35. The van der Waals surface area contributed by atoms with Crippen molar-refractivity contribution in [1.29, 1.82) is 0 Å². The molecule has 0 fully saturated rings. The monoisotopic (exact) mass is 177 g/mol. The lowest BCUT2D eigenvalue weighted by Crippen LogP contribution is -2.32. The maximum atomic E-state index is 9.45. The first-order chi connectivity index (χ1) is 6.20. The SMILES string of the molecule is CC(O)c1[nH]c2ccccc2[n+]1C. The summed E-state index contributed by atoms with van der Waals surface area (Å²) < 4.78 is 1.97. The lowest BCUT2D eigenvalue weighted by Gasteiger charge is -1.95. The summed E-state index contributed by atoms with van der Waals surface area (Å²) in [6.45, 7) is 1.75. The largest absolute Gasteiger partial charge is 0.381 e. The number of aromatic amines is 1. The number of aromatic nitrogens is 2. The summed E-state index contributed by atoms with van der Waals surface area (Å²) in [5, 5.41) is 9.45. The van der Waals surface area contributed by atoms with Gasteiger partial charge in [-0.2, -0.15) is 0 Å². The van der Waals surface area contributed by atoms with Gasteiger partial charge in [-0.1, -0.05) is 12.1 Å². The molecule has 0 saturated heterocycles. The van der Waals surface area contributed by atoms with Gasteiger partial charge in [-0.3, -0.25) is 0 Å². The number of H-pyrrole nitrogens is 1. The molecule has 68 valence electrons. The van der Waals surface area contributed by atoms with E-state index in [2.05, 4.69) is 4.98 Å². The number of aryl methyl sites for hydroxylation is 1. The van der Waals surface area contributed by atoms with E-state index in [1.807, 2.05) is 35.9 Å². The summed E-state index contributed by atoms with van der Waals surface area (Å²) in [6, 6.07) is 7.99. The number of hydrogen-bond acceptors (Lipinski definition) is 1. The number of benzene rings is 1. The molecule has 0 radical (unpaired) electrons. The molecule has 2 N–H and O–H groups in total. The van der Waals surface area contributed by atoms with Crippen LogP contribution in [0.4, 0.5) is 0 Å². The molecule has 13 heavy (non-hydrogen) atoms. The fourth-order valence-electron chi connectivity index (χ4n) is 1.61. The molecular formula is C10H13N2O+. The van der Waals surface area contributed by atoms with Crippen molar-refractivity contribution in [3.05, 3.63) is 30.1 Å². The predicted octanol–water partition coefficient (Wildman–Crippen LogP) is 1.05. The molecule has 2 aromatic rings. The molecule has 0 bridgehead atoms. The van der Waals surface area contributed by atoms with Gasteiger partial charge in [-0.15, -0.1) is 0 Å². The molecule has 1 unspecified atom stereocenters. The smallest absolute Gasteiger partial charge is 0.283 e. The minimum atomic E-state index is -0.461. The van der Waals surface area contributed by atoms with Crippen LogP contribution in [-0.2, 0) is 7.05 Å². The summed E-state index contributed by atoms with van der Waals surface area (Å²) in [7, 11) is 1.95. The molecule has 0 spiro atoms. The van der Waals surface area contributed by atoms with E-state index in [0.29, 0.717) is 0 Å². The summed E-state index contributed by atoms with van der Waals surface area (Å²) >= 11 is 0. The number of nitrogens with one attached hydrogen (secondary N) is 1. The highest BCUT2D eigenvalue weighted by Gasteiger charge is 2.18. The lowest BCUT2D eigenvalue weighted by atomic mass is 10.3. The van der Waals surface area contributed by atoms with E-state index < -0.39 is 6.10 Å². The molecule has 0 aliphatic carbocycles. The van der Waals surface area contributed by atoms with Gasteiger partial charge in [-0.05, 0) is 19.1 Å². The average Bonchev–Trinajstić information content (AvgIpc) is 2.45. The van der Waals surface area contributed by atoms with Crippen molar-refractivity contribution < 1.29 is 9.67 Å². The molecule has 2 rings (SSSR count). The van der Waals surface area contributed by atoms with Crippen LogP contribution in [0.3, 0.4) is 0 Å². The van der Waals surface area contributed by atoms with Crippen molar-refractivity contribution in [2.45, 2.75) is 13.0 Å². The van der Waals surface area contributed by atoms with Gasteiger partial charge in [0.15, 0.2) is 17.1 Å². The van der Waals surface area contributed by atoms with Crippen LogP contribution in [0.15, 0.2) is 24.3 Å². The number of imidazole rings is 1. The molecule has 0 aliphatic rings. The van der Waals surface area contributed by atoms with Crippen molar-refractivity contribution in [1.82, 2.24) is 4.98 Å². The van der Waals surface area contributed by atoms with Gasteiger partial charge in [-0.25, -0.2) is 9.55 Å². The van der Waals surface area contributed by atoms with Gasteiger partial charge in [0.05, 0.1) is 7.05 Å². The first kappa shape index (κ1) is 8.26. The fraction of sp³-hybridized carbons (Fsp3) is 0.300. The van der Waals surface area contributed by atoms with Crippen LogP contribution in [-0.4, -0.2) is 10.1 Å². The second kappa shape index (κ2) is 2.85. The number of para-hydroxylation sites is 2. The van der Waals surface area contributed by atoms with Crippen LogP contribution >= 0.6 is 0 Å². The summed E-state index contributed by atoms with van der Waals surface area (Å²) in [5.74, 6) is 0.834. The number of rotatable bonds is 1. The van der Waals surface area contributed by atoms with Gasteiger partial charge in [0, 0.05) is 0 Å². The van der Waals surface area contributed by atoms with Crippen molar-refractivity contribution in [3.8, 4) is 0 Å². The summed E-state index contributed by atoms with van der Waals surface area (Å²) in [5.41, 5.74) is 2.17. The minimum Gasteiger partial charge on any atom is -0.381 e. The molecule has 1 atom stereocenters. The van der Waals surface area contributed by atoms with Crippen LogP contribution in [0.25, 0.3) is 11.0 Å². The third-order valence-corrected chi connectivity index (χ3v) is 2.29. The van der Waals surface area contributed by atoms with Gasteiger partial charge in [0.2, 0.25) is 0 Å². The molecule has 1 aromatic heterocycles. The number of hydrogen-bond donors (Lipinski definition) is 2. The Kier molecular flexibility index (Phi) is 1.81. The number of aliphatic hydroxyl groups excluding tert-OH is 1. The Morgan fingerprint density at radius 2 is 2.08 bits per heavy atom. The lowest BCUT2D eigenvalue weighted by molar-refractivity contribution is -0.656. The first-order valence-electron chi connectivity index (χ1n) is 4.35. The fourth-order valence-corrected chi connectivity index (χ4v) is 1.61. The van der Waals surface area contributed by atoms with E-state index in [4.69, 9.17) is 0 Å². The molecule has 1 aromatic carbocycles. The van der Waals surface area contributed by atoms with E-state index in [-0.39, 0.29) is 0 Å². The Morgan fingerprint density at radius 3 is 2.69 bits per heavy atom. The van der Waals surface area contributed by atoms with E-state index in [9.17, 15) is 5.11 Å². The van der Waals surface area contributed by atoms with Gasteiger partial charge in [0.1, 0.15) is 0 Å². The van der Waals surface area contributed by atoms with Crippen molar-refractivity contribution in [2.24, 2.45) is 7.05 Å². The zero-order valence-corrected chi connectivity index (χ0v) is 7.78. The third-order valence-electron chi connectivity index (χ3n) is 2.29. The Bertz CT molecular complexity index is 431. The highest BCUT2D eigenvalue weighted by atomic mass is 16.3. The molecule has 3 nitrogen and oxygen atoms in total. The van der Waals surface area contributed by atoms with E-state index in [1.54, 1.807) is 6.92 Å². The van der Waals surface area contributed by atoms with Crippen molar-refractivity contribution >= 4 is 11.0 Å². The Labute approximate surface area is 76.6 Å². The molecule has 0 saturated carbocycles. The molecule has 1 heterocycles. The number of aliphatic hydroxyl groups is 1. The van der Waals surface area contributed by atoms with Crippen LogP contribution < -0.4 is 4.57 Å². The van der Waals surface area contributed by atoms with Gasteiger partial charge >= 0.3 is 0 Å². The minimum absolute atomic E-state index is 0.461. The Balaban J connectivity index is 2.74. The van der Waals surface area contributed by atoms with E-state index in [0.717, 1.165) is 16.9 Å². The van der Waals surface area contributed by atoms with Crippen LogP contribution in [0.1, 0.15) is 18.9 Å². The van der Waals surface area contributed by atoms with Crippen molar-refractivity contribution in [3.63, 3.8) is 0 Å². The normalized spacial score (nSPS) is 13.5. The molecule has 0 amide bonds. The maximum absolute atomic E-state index is 9.45. The van der Waals surface area contributed by atoms with Crippen LogP contribution in [0, 0.1) is 0 Å². The Morgan fingerprint density at radius 1 is 1.38 bits per heavy atom. The summed E-state index contributed by atoms with van der Waals surface area (Å²) in [6.07, 6.45) is -0.461. The maximum Gasteiger partial charge on any atom is 0.283 e. The van der Waals surface area contributed by atoms with Crippen LogP contribution in [0.5, 0.6) is 0 Å². The van der Waals surface area contributed by atoms with Gasteiger partial charge in [0.25, 0.3) is 5.82 Å². The van der Waals surface area contributed by atoms with Crippen molar-refractivity contribution in [2.75, 3.05) is 0 Å².